The van der Waals surface area contributed by atoms with Gasteiger partial charge in [0, 0.05) is 31.9 Å². The quantitative estimate of drug-likeness (QED) is 0.817. The highest BCUT2D eigenvalue weighted by atomic mass is 35.5. The van der Waals surface area contributed by atoms with Crippen LogP contribution in [0.15, 0.2) is 47.4 Å². The maximum Gasteiger partial charge on any atom is 0.243 e. The molecule has 2 aromatic carbocycles. The summed E-state index contributed by atoms with van der Waals surface area (Å²) in [6.07, 6.45) is 0. The molecule has 2 aromatic rings. The van der Waals surface area contributed by atoms with Crippen LogP contribution in [0.4, 0.5) is 5.69 Å². The fourth-order valence-corrected chi connectivity index (χ4v) is 4.67. The van der Waals surface area contributed by atoms with E-state index in [0.717, 1.165) is 5.69 Å². The summed E-state index contributed by atoms with van der Waals surface area (Å²) >= 11 is 6.07. The van der Waals surface area contributed by atoms with Gasteiger partial charge < -0.3 is 9.64 Å². The highest BCUT2D eigenvalue weighted by molar-refractivity contribution is 7.89. The molecular weight excluding hydrogens is 360 g/mol. The molecule has 0 bridgehead atoms. The molecule has 1 aliphatic heterocycles. The number of ether oxygens (including phenoxy) is 1. The van der Waals surface area contributed by atoms with Gasteiger partial charge in [-0.15, -0.1) is 0 Å². The topological polar surface area (TPSA) is 49.9 Å². The van der Waals surface area contributed by atoms with Gasteiger partial charge in [-0.25, -0.2) is 8.42 Å². The van der Waals surface area contributed by atoms with Crippen molar-refractivity contribution in [3.63, 3.8) is 0 Å². The number of aryl methyl sites for hydroxylation is 1. The number of benzene rings is 2. The lowest BCUT2D eigenvalue weighted by molar-refractivity contribution is 0.384. The molecule has 0 spiro atoms. The number of anilines is 1. The fraction of sp³-hybridized carbons (Fsp3) is 0.333. The Balaban J connectivity index is 1.73. The van der Waals surface area contributed by atoms with Crippen molar-refractivity contribution in [3.05, 3.63) is 53.1 Å². The standard InChI is InChI=1S/C18H21ClN2O3S/c1-14-3-5-15(6-4-14)20-9-11-21(12-10-20)25(22,23)16-7-8-18(24-2)17(19)13-16/h3-8,13H,9-12H2,1-2H3. The van der Waals surface area contributed by atoms with Crippen LogP contribution in [0.3, 0.4) is 0 Å². The predicted octanol–water partition coefficient (Wildman–Crippen LogP) is 3.17. The third-order valence-electron chi connectivity index (χ3n) is 4.40. The summed E-state index contributed by atoms with van der Waals surface area (Å²) in [4.78, 5) is 2.40. The molecule has 134 valence electrons. The zero-order valence-electron chi connectivity index (χ0n) is 14.3. The summed E-state index contributed by atoms with van der Waals surface area (Å²) in [6, 6.07) is 12.8. The Morgan fingerprint density at radius 3 is 2.20 bits per heavy atom. The average molecular weight is 381 g/mol. The second-order valence-corrected chi connectivity index (χ2v) is 8.37. The SMILES string of the molecule is COc1ccc(S(=O)(=O)N2CCN(c3ccc(C)cc3)CC2)cc1Cl. The number of piperazine rings is 1. The van der Waals surface area contributed by atoms with Gasteiger partial charge in [-0.3, -0.25) is 0 Å². The van der Waals surface area contributed by atoms with Gasteiger partial charge >= 0.3 is 0 Å². The molecule has 5 nitrogen and oxygen atoms in total. The van der Waals surface area contributed by atoms with Crippen molar-refractivity contribution in [2.24, 2.45) is 0 Å². The van der Waals surface area contributed by atoms with Crippen LogP contribution >= 0.6 is 11.6 Å². The Bertz CT molecular complexity index is 845. The Morgan fingerprint density at radius 1 is 1.00 bits per heavy atom. The van der Waals surface area contributed by atoms with Crippen molar-refractivity contribution in [2.75, 3.05) is 38.2 Å². The first-order valence-corrected chi connectivity index (χ1v) is 9.89. The lowest BCUT2D eigenvalue weighted by Crippen LogP contribution is -2.48. The van der Waals surface area contributed by atoms with E-state index >= 15 is 0 Å². The van der Waals surface area contributed by atoms with Crippen LogP contribution in [0.1, 0.15) is 5.56 Å². The minimum atomic E-state index is -3.56. The Labute approximate surface area is 153 Å². The lowest BCUT2D eigenvalue weighted by Gasteiger charge is -2.35. The first kappa shape index (κ1) is 18.0. The van der Waals surface area contributed by atoms with Gasteiger partial charge in [-0.1, -0.05) is 29.3 Å². The first-order chi connectivity index (χ1) is 11.9. The molecule has 0 N–H and O–H groups in total. The minimum Gasteiger partial charge on any atom is -0.495 e. The molecule has 0 atom stereocenters. The molecule has 0 unspecified atom stereocenters. The third kappa shape index (κ3) is 3.76. The van der Waals surface area contributed by atoms with Gasteiger partial charge in [-0.05, 0) is 37.3 Å². The second-order valence-electron chi connectivity index (χ2n) is 6.02. The van der Waals surface area contributed by atoms with Crippen molar-refractivity contribution in [3.8, 4) is 5.75 Å². The molecule has 1 aliphatic rings. The van der Waals surface area contributed by atoms with E-state index in [2.05, 4.69) is 29.2 Å². The van der Waals surface area contributed by atoms with E-state index in [4.69, 9.17) is 16.3 Å². The van der Waals surface area contributed by atoms with Gasteiger partial charge in [0.25, 0.3) is 0 Å². The van der Waals surface area contributed by atoms with Crippen LogP contribution in [0.2, 0.25) is 5.02 Å². The Morgan fingerprint density at radius 2 is 1.64 bits per heavy atom. The van der Waals surface area contributed by atoms with Gasteiger partial charge in [0.15, 0.2) is 0 Å². The molecule has 0 amide bonds. The highest BCUT2D eigenvalue weighted by Gasteiger charge is 2.29. The largest absolute Gasteiger partial charge is 0.495 e. The Hall–Kier alpha value is -1.76. The minimum absolute atomic E-state index is 0.196. The molecule has 0 radical (unpaired) electrons. The van der Waals surface area contributed by atoms with Crippen LogP contribution in [0, 0.1) is 6.92 Å². The van der Waals surface area contributed by atoms with Crippen LogP contribution in [0.25, 0.3) is 0 Å². The first-order valence-electron chi connectivity index (χ1n) is 8.07. The predicted molar refractivity (Wildman–Crippen MR) is 100 cm³/mol. The number of nitrogens with zero attached hydrogens (tertiary/aromatic N) is 2. The molecule has 7 heteroatoms. The molecule has 25 heavy (non-hydrogen) atoms. The van der Waals surface area contributed by atoms with E-state index in [1.54, 1.807) is 6.07 Å². The highest BCUT2D eigenvalue weighted by Crippen LogP contribution is 2.29. The fourth-order valence-electron chi connectivity index (χ4n) is 2.90. The van der Waals surface area contributed by atoms with E-state index in [0.29, 0.717) is 37.0 Å². The van der Waals surface area contributed by atoms with Crippen LogP contribution in [0.5, 0.6) is 5.75 Å². The average Bonchev–Trinajstić information content (AvgIpc) is 2.62. The number of methoxy groups -OCH3 is 1. The van der Waals surface area contributed by atoms with E-state index in [9.17, 15) is 8.42 Å². The van der Waals surface area contributed by atoms with Gasteiger partial charge in [0.1, 0.15) is 5.75 Å². The molecule has 1 saturated heterocycles. The monoisotopic (exact) mass is 380 g/mol. The second kappa shape index (κ2) is 7.23. The van der Waals surface area contributed by atoms with E-state index in [-0.39, 0.29) is 4.90 Å². The van der Waals surface area contributed by atoms with Crippen molar-refractivity contribution in [2.45, 2.75) is 11.8 Å². The molecule has 1 fully saturated rings. The molecule has 0 aliphatic carbocycles. The van der Waals surface area contributed by atoms with Crippen LogP contribution in [-0.2, 0) is 10.0 Å². The summed E-state index contributed by atoms with van der Waals surface area (Å²) in [5.41, 5.74) is 2.33. The third-order valence-corrected chi connectivity index (χ3v) is 6.59. The van der Waals surface area contributed by atoms with E-state index < -0.39 is 10.0 Å². The van der Waals surface area contributed by atoms with Crippen molar-refractivity contribution in [1.82, 2.24) is 4.31 Å². The van der Waals surface area contributed by atoms with Crippen LogP contribution < -0.4 is 9.64 Å². The van der Waals surface area contributed by atoms with Gasteiger partial charge in [-0.2, -0.15) is 4.31 Å². The summed E-state index contributed by atoms with van der Waals surface area (Å²) in [5.74, 6) is 0.463. The normalized spacial score (nSPS) is 16.0. The van der Waals surface area contributed by atoms with E-state index in [1.807, 2.05) is 6.92 Å². The summed E-state index contributed by atoms with van der Waals surface area (Å²) in [5, 5.41) is 0.293. The van der Waals surface area contributed by atoms with Gasteiger partial charge in [0.05, 0.1) is 17.0 Å². The maximum atomic E-state index is 12.8. The van der Waals surface area contributed by atoms with E-state index in [1.165, 1.54) is 29.1 Å². The van der Waals surface area contributed by atoms with Crippen molar-refractivity contribution >= 4 is 27.3 Å². The lowest BCUT2D eigenvalue weighted by atomic mass is 10.2. The molecule has 0 saturated carbocycles. The smallest absolute Gasteiger partial charge is 0.243 e. The number of hydrogen-bond acceptors (Lipinski definition) is 4. The number of sulfonamides is 1. The number of hydrogen-bond donors (Lipinski definition) is 0. The zero-order valence-corrected chi connectivity index (χ0v) is 15.8. The molecular formula is C18H21ClN2O3S. The summed E-state index contributed by atoms with van der Waals surface area (Å²) < 4.78 is 32.3. The van der Waals surface area contributed by atoms with Crippen LogP contribution in [-0.4, -0.2) is 46.0 Å². The number of rotatable bonds is 4. The van der Waals surface area contributed by atoms with Gasteiger partial charge in [0.2, 0.25) is 10.0 Å². The summed E-state index contributed by atoms with van der Waals surface area (Å²) in [6.45, 7) is 4.26. The van der Waals surface area contributed by atoms with Crippen molar-refractivity contribution in [1.29, 1.82) is 0 Å². The maximum absolute atomic E-state index is 12.8. The van der Waals surface area contributed by atoms with Crippen molar-refractivity contribution < 1.29 is 13.2 Å². The molecule has 0 aromatic heterocycles. The molecule has 3 rings (SSSR count). The zero-order chi connectivity index (χ0) is 18.0. The number of halogens is 1. The Kier molecular flexibility index (Phi) is 5.22. The summed E-state index contributed by atoms with van der Waals surface area (Å²) in [7, 11) is -2.06. The molecule has 1 heterocycles.